The van der Waals surface area contributed by atoms with E-state index in [0.29, 0.717) is 12.1 Å². The Kier molecular flexibility index (Phi) is 7.29. The summed E-state index contributed by atoms with van der Waals surface area (Å²) in [6.07, 6.45) is -13.0. The lowest BCUT2D eigenvalue weighted by molar-refractivity contribution is -0.348. The zero-order valence-corrected chi connectivity index (χ0v) is 20.9. The molecule has 14 heteroatoms. The standard InChI is InChI=1S/C25H23F8NO4S/c26-17-5-7-18(8-6-17)39(37,38)22-11-13-34(12-1-2-21(35)36)20(22)10-3-15-14-16(4-9-19(15)22)23(27,24(28,29)30)25(31,32)33/h4-9,14,20H,1-3,10-13H2,(H,35,36)/t20-,22-/m1/s1. The van der Waals surface area contributed by atoms with Gasteiger partial charge in [-0.25, -0.2) is 17.2 Å². The Labute approximate surface area is 218 Å². The highest BCUT2D eigenvalue weighted by molar-refractivity contribution is 7.92. The number of hydrogen-bond acceptors (Lipinski definition) is 4. The van der Waals surface area contributed by atoms with Crippen LogP contribution in [0, 0.1) is 5.82 Å². The Morgan fingerprint density at radius 2 is 1.62 bits per heavy atom. The Morgan fingerprint density at radius 1 is 1.00 bits per heavy atom. The van der Waals surface area contributed by atoms with Crippen LogP contribution in [-0.2, 0) is 31.5 Å². The maximum atomic E-state index is 14.8. The third-order valence-electron chi connectivity index (χ3n) is 7.62. The fourth-order valence-electron chi connectivity index (χ4n) is 5.85. The monoisotopic (exact) mass is 585 g/mol. The Balaban J connectivity index is 1.88. The van der Waals surface area contributed by atoms with Crippen molar-refractivity contribution in [2.24, 2.45) is 0 Å². The second kappa shape index (κ2) is 9.72. The Morgan fingerprint density at radius 3 is 2.18 bits per heavy atom. The molecule has 2 aromatic carbocycles. The van der Waals surface area contributed by atoms with Crippen LogP contribution in [0.2, 0.25) is 0 Å². The second-order valence-electron chi connectivity index (χ2n) is 9.71. The first-order valence-corrected chi connectivity index (χ1v) is 13.4. The van der Waals surface area contributed by atoms with E-state index in [-0.39, 0.29) is 61.2 Å². The van der Waals surface area contributed by atoms with Crippen LogP contribution >= 0.6 is 0 Å². The number of halogens is 8. The van der Waals surface area contributed by atoms with Gasteiger partial charge in [-0.15, -0.1) is 0 Å². The minimum atomic E-state index is -6.33. The molecule has 0 spiro atoms. The number of rotatable bonds is 7. The molecular weight excluding hydrogens is 562 g/mol. The third kappa shape index (κ3) is 4.58. The summed E-state index contributed by atoms with van der Waals surface area (Å²) in [5.74, 6) is -1.79. The largest absolute Gasteiger partial charge is 0.481 e. The van der Waals surface area contributed by atoms with Crippen molar-refractivity contribution in [1.82, 2.24) is 4.90 Å². The van der Waals surface area contributed by atoms with Gasteiger partial charge in [-0.1, -0.05) is 18.2 Å². The van der Waals surface area contributed by atoms with Gasteiger partial charge in [-0.2, -0.15) is 26.3 Å². The number of carboxylic acid groups (broad SMARTS) is 1. The topological polar surface area (TPSA) is 74.7 Å². The molecule has 1 aliphatic carbocycles. The molecule has 5 nitrogen and oxygen atoms in total. The van der Waals surface area contributed by atoms with Crippen LogP contribution in [0.5, 0.6) is 0 Å². The van der Waals surface area contributed by atoms with Gasteiger partial charge in [0.2, 0.25) is 0 Å². The average molecular weight is 586 g/mol. The van der Waals surface area contributed by atoms with E-state index in [1.165, 1.54) is 0 Å². The van der Waals surface area contributed by atoms with Crippen LogP contribution < -0.4 is 0 Å². The Bertz CT molecular complexity index is 1340. The minimum absolute atomic E-state index is 0.0126. The van der Waals surface area contributed by atoms with E-state index in [9.17, 15) is 48.3 Å². The molecule has 1 saturated heterocycles. The van der Waals surface area contributed by atoms with Crippen LogP contribution in [0.15, 0.2) is 47.4 Å². The number of sulfone groups is 1. The zero-order valence-electron chi connectivity index (χ0n) is 20.1. The molecule has 1 fully saturated rings. The molecule has 2 aromatic rings. The average Bonchev–Trinajstić information content (AvgIpc) is 3.22. The van der Waals surface area contributed by atoms with E-state index in [2.05, 4.69) is 0 Å². The van der Waals surface area contributed by atoms with Gasteiger partial charge in [-0.05, 0) is 67.6 Å². The number of carbonyl (C=O) groups is 1. The van der Waals surface area contributed by atoms with Gasteiger partial charge < -0.3 is 5.11 Å². The van der Waals surface area contributed by atoms with Crippen LogP contribution in [-0.4, -0.2) is 55.9 Å². The van der Waals surface area contributed by atoms with E-state index >= 15 is 0 Å². The summed E-state index contributed by atoms with van der Waals surface area (Å²) in [7, 11) is -4.43. The zero-order chi connectivity index (χ0) is 29.0. The molecule has 1 N–H and O–H groups in total. The molecule has 0 amide bonds. The van der Waals surface area contributed by atoms with Gasteiger partial charge in [0, 0.05) is 24.6 Å². The summed E-state index contributed by atoms with van der Waals surface area (Å²) >= 11 is 0. The van der Waals surface area contributed by atoms with E-state index in [4.69, 9.17) is 5.11 Å². The fourth-order valence-corrected chi connectivity index (χ4v) is 8.24. The Hall–Kier alpha value is -2.74. The van der Waals surface area contributed by atoms with E-state index in [0.717, 1.165) is 30.3 Å². The number of fused-ring (bicyclic) bond motifs is 3. The summed E-state index contributed by atoms with van der Waals surface area (Å²) in [5, 5.41) is 8.97. The van der Waals surface area contributed by atoms with Crippen LogP contribution in [0.4, 0.5) is 35.1 Å². The first kappa shape index (κ1) is 29.2. The molecule has 0 unspecified atom stereocenters. The fraction of sp³-hybridized carbons (Fsp3) is 0.480. The molecule has 0 bridgehead atoms. The molecular formula is C25H23F8NO4S. The molecule has 4 rings (SSSR count). The maximum Gasteiger partial charge on any atom is 0.435 e. The minimum Gasteiger partial charge on any atom is -0.481 e. The molecule has 2 atom stereocenters. The van der Waals surface area contributed by atoms with Gasteiger partial charge in [-0.3, -0.25) is 9.69 Å². The summed E-state index contributed by atoms with van der Waals surface area (Å²) in [6, 6.07) is 4.62. The van der Waals surface area contributed by atoms with Crippen LogP contribution in [0.1, 0.15) is 42.4 Å². The lowest BCUT2D eigenvalue weighted by Crippen LogP contribution is -2.52. The van der Waals surface area contributed by atoms with Crippen molar-refractivity contribution in [2.45, 2.75) is 65.8 Å². The van der Waals surface area contributed by atoms with Crippen molar-refractivity contribution in [3.8, 4) is 0 Å². The molecule has 2 aliphatic rings. The SMILES string of the molecule is O=C(O)CCCN1CC[C@@]2(S(=O)(=O)c3ccc(F)cc3)c3ccc(C(F)(C(F)(F)F)C(F)(F)F)cc3CC[C@@H]12. The summed E-state index contributed by atoms with van der Waals surface area (Å²) in [6.45, 7) is 0.324. The van der Waals surface area contributed by atoms with Gasteiger partial charge in [0.25, 0.3) is 0 Å². The quantitative estimate of drug-likeness (QED) is 0.335. The molecule has 0 aromatic heterocycles. The van der Waals surface area contributed by atoms with E-state index in [1.54, 1.807) is 4.90 Å². The summed E-state index contributed by atoms with van der Waals surface area (Å²) in [5.41, 5.74) is -7.60. The van der Waals surface area contributed by atoms with Crippen LogP contribution in [0.25, 0.3) is 0 Å². The number of benzene rings is 2. The number of carboxylic acids is 1. The van der Waals surface area contributed by atoms with Crippen molar-refractivity contribution in [2.75, 3.05) is 13.1 Å². The summed E-state index contributed by atoms with van der Waals surface area (Å²) in [4.78, 5) is 12.4. The van der Waals surface area contributed by atoms with Crippen LogP contribution in [0.3, 0.4) is 0 Å². The number of nitrogens with zero attached hydrogens (tertiary/aromatic N) is 1. The molecule has 1 aliphatic heterocycles. The highest BCUT2D eigenvalue weighted by Crippen LogP contribution is 2.56. The van der Waals surface area contributed by atoms with E-state index < -0.39 is 56.0 Å². The van der Waals surface area contributed by atoms with Crippen molar-refractivity contribution in [1.29, 1.82) is 0 Å². The van der Waals surface area contributed by atoms with Gasteiger partial charge >= 0.3 is 24.0 Å². The number of hydrogen-bond donors (Lipinski definition) is 1. The second-order valence-corrected chi connectivity index (χ2v) is 11.9. The third-order valence-corrected chi connectivity index (χ3v) is 10.2. The number of aryl methyl sites for hydroxylation is 1. The maximum absolute atomic E-state index is 14.8. The molecule has 0 radical (unpaired) electrons. The molecule has 1 heterocycles. The lowest BCUT2D eigenvalue weighted by Gasteiger charge is -2.43. The number of likely N-dealkylation sites (tertiary alicyclic amines) is 1. The van der Waals surface area contributed by atoms with Crippen molar-refractivity contribution >= 4 is 15.8 Å². The van der Waals surface area contributed by atoms with Gasteiger partial charge in [0.1, 0.15) is 10.6 Å². The van der Waals surface area contributed by atoms with Gasteiger partial charge in [0.15, 0.2) is 9.84 Å². The van der Waals surface area contributed by atoms with Gasteiger partial charge in [0.05, 0.1) is 4.90 Å². The normalized spacial score (nSPS) is 22.4. The lowest BCUT2D eigenvalue weighted by atomic mass is 9.76. The van der Waals surface area contributed by atoms with Crippen molar-refractivity contribution < 1.29 is 53.4 Å². The summed E-state index contributed by atoms with van der Waals surface area (Å²) < 4.78 is 135. The molecule has 0 saturated carbocycles. The van der Waals surface area contributed by atoms with E-state index in [1.807, 2.05) is 0 Å². The first-order valence-electron chi connectivity index (χ1n) is 11.9. The predicted molar refractivity (Wildman–Crippen MR) is 122 cm³/mol. The molecule has 39 heavy (non-hydrogen) atoms. The number of alkyl halides is 7. The highest BCUT2D eigenvalue weighted by atomic mass is 32.2. The smallest absolute Gasteiger partial charge is 0.435 e. The van der Waals surface area contributed by atoms with Crippen molar-refractivity contribution in [3.63, 3.8) is 0 Å². The number of aliphatic carboxylic acids is 1. The highest BCUT2D eigenvalue weighted by Gasteiger charge is 2.73. The van der Waals surface area contributed by atoms with Crippen molar-refractivity contribution in [3.05, 3.63) is 65.0 Å². The first-order chi connectivity index (χ1) is 18.0. The molecule has 214 valence electrons. The predicted octanol–water partition coefficient (Wildman–Crippen LogP) is 5.67.